The minimum absolute atomic E-state index is 0.0703. The third kappa shape index (κ3) is 2.25. The van der Waals surface area contributed by atoms with E-state index >= 15 is 0 Å². The third-order valence-electron chi connectivity index (χ3n) is 2.85. The zero-order valence-corrected chi connectivity index (χ0v) is 10.2. The summed E-state index contributed by atoms with van der Waals surface area (Å²) in [7, 11) is 1.62. The number of aryl methyl sites for hydroxylation is 1. The van der Waals surface area contributed by atoms with Gasteiger partial charge >= 0.3 is 0 Å². The molecular formula is C15H13FO2. The molecule has 2 rings (SSSR count). The zero-order chi connectivity index (χ0) is 13.1. The first-order chi connectivity index (χ1) is 8.65. The second kappa shape index (κ2) is 5.00. The Morgan fingerprint density at radius 3 is 2.39 bits per heavy atom. The van der Waals surface area contributed by atoms with Crippen LogP contribution in [0.5, 0.6) is 5.75 Å². The molecule has 0 bridgehead atoms. The number of methoxy groups -OCH3 is 1. The van der Waals surface area contributed by atoms with Crippen molar-refractivity contribution in [3.05, 3.63) is 53.3 Å². The maximum absolute atomic E-state index is 13.2. The minimum Gasteiger partial charge on any atom is -0.496 e. The monoisotopic (exact) mass is 244 g/mol. The predicted molar refractivity (Wildman–Crippen MR) is 68.5 cm³/mol. The molecule has 0 saturated heterocycles. The van der Waals surface area contributed by atoms with Crippen molar-refractivity contribution in [2.24, 2.45) is 0 Å². The average Bonchev–Trinajstić information content (AvgIpc) is 2.39. The Morgan fingerprint density at radius 2 is 1.78 bits per heavy atom. The lowest BCUT2D eigenvalue weighted by atomic mass is 10.0. The van der Waals surface area contributed by atoms with Crippen molar-refractivity contribution in [3.8, 4) is 16.9 Å². The van der Waals surface area contributed by atoms with E-state index < -0.39 is 5.82 Å². The summed E-state index contributed by atoms with van der Waals surface area (Å²) in [5.41, 5.74) is 2.80. The number of aldehydes is 1. The highest BCUT2D eigenvalue weighted by atomic mass is 19.1. The summed E-state index contributed by atoms with van der Waals surface area (Å²) >= 11 is 0. The lowest BCUT2D eigenvalue weighted by molar-refractivity contribution is 0.112. The standard InChI is InChI=1S/C15H13FO2/c1-10-7-11(4-6-15(10)18-2)12-3-5-14(16)13(8-12)9-17/h3-9H,1-2H3. The zero-order valence-electron chi connectivity index (χ0n) is 10.2. The summed E-state index contributed by atoms with van der Waals surface area (Å²) < 4.78 is 18.4. The molecule has 0 aromatic heterocycles. The van der Waals surface area contributed by atoms with Gasteiger partial charge in [-0.3, -0.25) is 4.79 Å². The fourth-order valence-corrected chi connectivity index (χ4v) is 1.87. The van der Waals surface area contributed by atoms with Gasteiger partial charge in [0, 0.05) is 0 Å². The van der Waals surface area contributed by atoms with Gasteiger partial charge in [0.25, 0.3) is 0 Å². The van der Waals surface area contributed by atoms with Gasteiger partial charge in [-0.2, -0.15) is 0 Å². The van der Waals surface area contributed by atoms with Crippen molar-refractivity contribution >= 4 is 6.29 Å². The van der Waals surface area contributed by atoms with Gasteiger partial charge in [-0.05, 0) is 47.9 Å². The van der Waals surface area contributed by atoms with Crippen LogP contribution in [-0.2, 0) is 0 Å². The normalized spacial score (nSPS) is 10.2. The van der Waals surface area contributed by atoms with E-state index in [1.54, 1.807) is 19.2 Å². The molecule has 0 N–H and O–H groups in total. The van der Waals surface area contributed by atoms with E-state index in [2.05, 4.69) is 0 Å². The summed E-state index contributed by atoms with van der Waals surface area (Å²) in [4.78, 5) is 10.7. The molecule has 2 aromatic rings. The van der Waals surface area contributed by atoms with Gasteiger partial charge in [0.15, 0.2) is 6.29 Å². The van der Waals surface area contributed by atoms with E-state index in [9.17, 15) is 9.18 Å². The van der Waals surface area contributed by atoms with Crippen molar-refractivity contribution in [3.63, 3.8) is 0 Å². The summed E-state index contributed by atoms with van der Waals surface area (Å²) in [6.07, 6.45) is 0.523. The molecule has 3 heteroatoms. The molecule has 0 amide bonds. The van der Waals surface area contributed by atoms with Gasteiger partial charge in [-0.1, -0.05) is 12.1 Å². The van der Waals surface area contributed by atoms with E-state index in [0.29, 0.717) is 6.29 Å². The Kier molecular flexibility index (Phi) is 3.42. The molecule has 0 spiro atoms. The summed E-state index contributed by atoms with van der Waals surface area (Å²) in [6.45, 7) is 1.94. The quantitative estimate of drug-likeness (QED) is 0.771. The Hall–Kier alpha value is -2.16. The molecule has 0 saturated carbocycles. The fraction of sp³-hybridized carbons (Fsp3) is 0.133. The van der Waals surface area contributed by atoms with Crippen LogP contribution in [0.1, 0.15) is 15.9 Å². The van der Waals surface area contributed by atoms with Crippen LogP contribution in [0.25, 0.3) is 11.1 Å². The second-order valence-corrected chi connectivity index (χ2v) is 4.04. The molecule has 18 heavy (non-hydrogen) atoms. The van der Waals surface area contributed by atoms with Crippen LogP contribution in [0.2, 0.25) is 0 Å². The highest BCUT2D eigenvalue weighted by molar-refractivity contribution is 5.79. The van der Waals surface area contributed by atoms with Crippen LogP contribution in [0.4, 0.5) is 4.39 Å². The topological polar surface area (TPSA) is 26.3 Å². The third-order valence-corrected chi connectivity index (χ3v) is 2.85. The molecule has 0 aliphatic carbocycles. The first kappa shape index (κ1) is 12.3. The molecule has 0 unspecified atom stereocenters. The lowest BCUT2D eigenvalue weighted by Crippen LogP contribution is -1.90. The predicted octanol–water partition coefficient (Wildman–Crippen LogP) is 3.62. The molecule has 0 radical (unpaired) electrons. The number of carbonyl (C=O) groups excluding carboxylic acids is 1. The molecule has 2 nitrogen and oxygen atoms in total. The number of hydrogen-bond donors (Lipinski definition) is 0. The number of hydrogen-bond acceptors (Lipinski definition) is 2. The minimum atomic E-state index is -0.501. The smallest absolute Gasteiger partial charge is 0.153 e. The van der Waals surface area contributed by atoms with E-state index in [1.807, 2.05) is 25.1 Å². The average molecular weight is 244 g/mol. The van der Waals surface area contributed by atoms with Crippen LogP contribution in [0.3, 0.4) is 0 Å². The molecule has 0 aliphatic heterocycles. The van der Waals surface area contributed by atoms with Crippen LogP contribution in [-0.4, -0.2) is 13.4 Å². The van der Waals surface area contributed by atoms with Crippen molar-refractivity contribution in [2.45, 2.75) is 6.92 Å². The Bertz CT molecular complexity index is 591. The number of rotatable bonds is 3. The van der Waals surface area contributed by atoms with Gasteiger partial charge in [-0.25, -0.2) is 4.39 Å². The van der Waals surface area contributed by atoms with E-state index in [-0.39, 0.29) is 5.56 Å². The lowest BCUT2D eigenvalue weighted by Gasteiger charge is -2.08. The van der Waals surface area contributed by atoms with Crippen molar-refractivity contribution in [2.75, 3.05) is 7.11 Å². The maximum Gasteiger partial charge on any atom is 0.153 e. The molecule has 0 atom stereocenters. The highest BCUT2D eigenvalue weighted by Gasteiger charge is 2.06. The largest absolute Gasteiger partial charge is 0.496 e. The Balaban J connectivity index is 2.48. The van der Waals surface area contributed by atoms with Crippen LogP contribution in [0.15, 0.2) is 36.4 Å². The SMILES string of the molecule is COc1ccc(-c2ccc(F)c(C=O)c2)cc1C. The Morgan fingerprint density at radius 1 is 1.11 bits per heavy atom. The number of ether oxygens (including phenoxy) is 1. The van der Waals surface area contributed by atoms with E-state index in [1.165, 1.54) is 6.07 Å². The number of carbonyl (C=O) groups is 1. The molecule has 92 valence electrons. The van der Waals surface area contributed by atoms with Crippen molar-refractivity contribution in [1.29, 1.82) is 0 Å². The molecular weight excluding hydrogens is 231 g/mol. The summed E-state index contributed by atoms with van der Waals surface area (Å²) in [6, 6.07) is 10.2. The molecule has 0 fully saturated rings. The fourth-order valence-electron chi connectivity index (χ4n) is 1.87. The van der Waals surface area contributed by atoms with E-state index in [4.69, 9.17) is 4.74 Å². The van der Waals surface area contributed by atoms with Crippen molar-refractivity contribution < 1.29 is 13.9 Å². The van der Waals surface area contributed by atoms with Crippen LogP contribution in [0, 0.1) is 12.7 Å². The van der Waals surface area contributed by atoms with Crippen LogP contribution >= 0.6 is 0 Å². The summed E-state index contributed by atoms with van der Waals surface area (Å²) in [5.74, 6) is 0.301. The number of halogens is 1. The molecule has 2 aromatic carbocycles. The summed E-state index contributed by atoms with van der Waals surface area (Å²) in [5, 5.41) is 0. The molecule has 0 aliphatic rings. The van der Waals surface area contributed by atoms with Gasteiger partial charge < -0.3 is 4.74 Å². The van der Waals surface area contributed by atoms with Crippen molar-refractivity contribution in [1.82, 2.24) is 0 Å². The van der Waals surface area contributed by atoms with Gasteiger partial charge in [0.1, 0.15) is 11.6 Å². The number of benzene rings is 2. The van der Waals surface area contributed by atoms with Gasteiger partial charge in [0.05, 0.1) is 12.7 Å². The van der Waals surface area contributed by atoms with Crippen LogP contribution < -0.4 is 4.74 Å². The maximum atomic E-state index is 13.2. The first-order valence-electron chi connectivity index (χ1n) is 5.55. The van der Waals surface area contributed by atoms with E-state index in [0.717, 1.165) is 22.4 Å². The highest BCUT2D eigenvalue weighted by Crippen LogP contribution is 2.27. The second-order valence-electron chi connectivity index (χ2n) is 4.04. The van der Waals surface area contributed by atoms with Gasteiger partial charge in [-0.15, -0.1) is 0 Å². The van der Waals surface area contributed by atoms with Gasteiger partial charge in [0.2, 0.25) is 0 Å². The molecule has 0 heterocycles. The Labute approximate surface area is 105 Å². The first-order valence-corrected chi connectivity index (χ1v) is 5.55.